The van der Waals surface area contributed by atoms with Crippen LogP contribution in [0.3, 0.4) is 0 Å². The second kappa shape index (κ2) is 9.67. The Balaban J connectivity index is 1.70. The van der Waals surface area contributed by atoms with Gasteiger partial charge in [-0.05, 0) is 65.1 Å². The van der Waals surface area contributed by atoms with Crippen molar-refractivity contribution in [2.75, 3.05) is 21.3 Å². The van der Waals surface area contributed by atoms with Gasteiger partial charge in [0.15, 0.2) is 0 Å². The van der Waals surface area contributed by atoms with Crippen molar-refractivity contribution in [2.45, 2.75) is 18.8 Å². The van der Waals surface area contributed by atoms with Crippen molar-refractivity contribution in [3.8, 4) is 22.6 Å². The summed E-state index contributed by atoms with van der Waals surface area (Å²) in [6.45, 7) is 2.50. The van der Waals surface area contributed by atoms with E-state index in [1.165, 1.54) is 0 Å². The van der Waals surface area contributed by atoms with Crippen molar-refractivity contribution in [3.63, 3.8) is 0 Å². The van der Waals surface area contributed by atoms with Gasteiger partial charge in [-0.1, -0.05) is 28.1 Å². The van der Waals surface area contributed by atoms with Gasteiger partial charge in [0, 0.05) is 35.9 Å². The monoisotopic (exact) mass is 507 g/mol. The number of rotatable bonds is 7. The average molecular weight is 508 g/mol. The Morgan fingerprint density at radius 3 is 2.42 bits per heavy atom. The van der Waals surface area contributed by atoms with Crippen LogP contribution < -0.4 is 9.47 Å². The maximum atomic E-state index is 13.4. The van der Waals surface area contributed by atoms with Gasteiger partial charge in [-0.15, -0.1) is 0 Å². The molecule has 0 aliphatic rings. The molecule has 3 aromatic carbocycles. The van der Waals surface area contributed by atoms with Gasteiger partial charge in [-0.3, -0.25) is 9.89 Å². The van der Waals surface area contributed by atoms with Crippen molar-refractivity contribution in [3.05, 3.63) is 77.0 Å². The van der Waals surface area contributed by atoms with Crippen molar-refractivity contribution >= 4 is 32.7 Å². The number of ether oxygens (including phenoxy) is 2. The number of methoxy groups -OCH3 is 2. The SMILES string of the molecule is COc1cc(CN(C)C(=O)c2cc(CBr)cc(-c3c(C)ccc4[nH]ncc34)c2)cc(OC)c1. The normalized spacial score (nSPS) is 10.9. The maximum Gasteiger partial charge on any atom is 0.253 e. The number of benzene rings is 3. The highest BCUT2D eigenvalue weighted by Gasteiger charge is 2.17. The molecule has 1 heterocycles. The number of hydrogen-bond donors (Lipinski definition) is 1. The number of carbonyl (C=O) groups excluding carboxylic acids is 1. The molecular weight excluding hydrogens is 482 g/mol. The summed E-state index contributed by atoms with van der Waals surface area (Å²) in [5, 5.41) is 8.92. The highest BCUT2D eigenvalue weighted by atomic mass is 79.9. The summed E-state index contributed by atoms with van der Waals surface area (Å²) < 4.78 is 10.7. The Hall–Kier alpha value is -3.32. The summed E-state index contributed by atoms with van der Waals surface area (Å²) in [6.07, 6.45) is 1.84. The zero-order chi connectivity index (χ0) is 23.5. The van der Waals surface area contributed by atoms with Gasteiger partial charge in [0.2, 0.25) is 0 Å². The standard InChI is InChI=1S/C26H26BrN3O3/c1-16-5-6-24-23(14-28-29-24)25(16)19-7-17(13-27)8-20(11-19)26(31)30(2)15-18-9-21(32-3)12-22(10-18)33-4/h5-12,14H,13,15H2,1-4H3,(H,28,29). The van der Waals surface area contributed by atoms with E-state index in [4.69, 9.17) is 9.47 Å². The molecule has 0 spiro atoms. The number of alkyl halides is 1. The first-order valence-corrected chi connectivity index (χ1v) is 11.7. The van der Waals surface area contributed by atoms with Crippen LogP contribution in [-0.4, -0.2) is 42.3 Å². The minimum Gasteiger partial charge on any atom is -0.497 e. The number of halogens is 1. The summed E-state index contributed by atoms with van der Waals surface area (Å²) in [7, 11) is 5.03. The molecule has 0 unspecified atom stereocenters. The van der Waals surface area contributed by atoms with Crippen LogP contribution in [0, 0.1) is 6.92 Å². The fraction of sp³-hybridized carbons (Fsp3) is 0.231. The van der Waals surface area contributed by atoms with Crippen LogP contribution in [0.5, 0.6) is 11.5 Å². The molecule has 1 N–H and O–H groups in total. The van der Waals surface area contributed by atoms with E-state index < -0.39 is 0 Å². The lowest BCUT2D eigenvalue weighted by atomic mass is 9.94. The molecule has 0 aliphatic heterocycles. The molecule has 7 heteroatoms. The highest BCUT2D eigenvalue weighted by Crippen LogP contribution is 2.33. The molecule has 170 valence electrons. The quantitative estimate of drug-likeness (QED) is 0.324. The van der Waals surface area contributed by atoms with Gasteiger partial charge in [0.05, 0.1) is 25.9 Å². The second-order valence-corrected chi connectivity index (χ2v) is 8.58. The first kappa shape index (κ1) is 22.9. The Kier molecular flexibility index (Phi) is 6.70. The molecule has 33 heavy (non-hydrogen) atoms. The van der Waals surface area contributed by atoms with Gasteiger partial charge in [0.1, 0.15) is 11.5 Å². The zero-order valence-electron chi connectivity index (χ0n) is 19.1. The van der Waals surface area contributed by atoms with Crippen LogP contribution in [0.15, 0.2) is 54.7 Å². The van der Waals surface area contributed by atoms with Gasteiger partial charge in [-0.25, -0.2) is 0 Å². The molecular formula is C26H26BrN3O3. The van der Waals surface area contributed by atoms with Crippen molar-refractivity contribution in [2.24, 2.45) is 0 Å². The maximum absolute atomic E-state index is 13.4. The van der Waals surface area contributed by atoms with Gasteiger partial charge in [0.25, 0.3) is 5.91 Å². The summed E-state index contributed by atoms with van der Waals surface area (Å²) in [5.74, 6) is 1.33. The molecule has 0 radical (unpaired) electrons. The zero-order valence-corrected chi connectivity index (χ0v) is 20.7. The highest BCUT2D eigenvalue weighted by molar-refractivity contribution is 9.08. The van der Waals surface area contributed by atoms with E-state index in [0.29, 0.717) is 28.9 Å². The average Bonchev–Trinajstić information content (AvgIpc) is 3.31. The van der Waals surface area contributed by atoms with Gasteiger partial charge in [-0.2, -0.15) is 5.10 Å². The molecule has 0 aliphatic carbocycles. The summed E-state index contributed by atoms with van der Waals surface area (Å²) >= 11 is 3.56. The minimum atomic E-state index is -0.0575. The van der Waals surface area contributed by atoms with E-state index in [-0.39, 0.29) is 5.91 Å². The lowest BCUT2D eigenvalue weighted by Gasteiger charge is -2.20. The first-order chi connectivity index (χ1) is 15.9. The molecule has 0 fully saturated rings. The number of amides is 1. The number of aromatic amines is 1. The van der Waals surface area contributed by atoms with Crippen LogP contribution in [0.4, 0.5) is 0 Å². The molecule has 4 rings (SSSR count). The minimum absolute atomic E-state index is 0.0575. The Morgan fingerprint density at radius 2 is 1.76 bits per heavy atom. The van der Waals surface area contributed by atoms with Crippen LogP contribution in [0.25, 0.3) is 22.0 Å². The van der Waals surface area contributed by atoms with Crippen molar-refractivity contribution in [1.82, 2.24) is 15.1 Å². The largest absolute Gasteiger partial charge is 0.497 e. The van der Waals surface area contributed by atoms with E-state index in [2.05, 4.69) is 45.2 Å². The van der Waals surface area contributed by atoms with Crippen LogP contribution in [-0.2, 0) is 11.9 Å². The number of nitrogens with one attached hydrogen (secondary N) is 1. The van der Waals surface area contributed by atoms with Crippen LogP contribution in [0.2, 0.25) is 0 Å². The second-order valence-electron chi connectivity index (χ2n) is 8.02. The molecule has 0 bridgehead atoms. The smallest absolute Gasteiger partial charge is 0.253 e. The number of H-pyrrole nitrogens is 1. The Bertz CT molecular complexity index is 1290. The lowest BCUT2D eigenvalue weighted by Crippen LogP contribution is -2.26. The number of carbonyl (C=O) groups is 1. The fourth-order valence-electron chi connectivity index (χ4n) is 4.07. The van der Waals surface area contributed by atoms with Gasteiger partial charge < -0.3 is 14.4 Å². The number of aromatic nitrogens is 2. The van der Waals surface area contributed by atoms with E-state index in [1.54, 1.807) is 26.2 Å². The predicted octanol–water partition coefficient (Wildman–Crippen LogP) is 5.72. The fourth-order valence-corrected chi connectivity index (χ4v) is 4.39. The summed E-state index contributed by atoms with van der Waals surface area (Å²) in [4.78, 5) is 15.1. The molecule has 0 saturated carbocycles. The summed E-state index contributed by atoms with van der Waals surface area (Å²) in [6, 6.07) is 15.8. The number of hydrogen-bond acceptors (Lipinski definition) is 4. The summed E-state index contributed by atoms with van der Waals surface area (Å²) in [5.41, 5.74) is 6.78. The third-order valence-corrected chi connectivity index (χ3v) is 6.34. The van der Waals surface area contributed by atoms with Crippen LogP contribution >= 0.6 is 15.9 Å². The third kappa shape index (κ3) is 4.73. The molecule has 0 atom stereocenters. The van der Waals surface area contributed by atoms with Crippen molar-refractivity contribution in [1.29, 1.82) is 0 Å². The molecule has 1 aromatic heterocycles. The number of fused-ring (bicyclic) bond motifs is 1. The van der Waals surface area contributed by atoms with E-state index in [0.717, 1.165) is 38.7 Å². The Labute approximate surface area is 201 Å². The Morgan fingerprint density at radius 1 is 1.03 bits per heavy atom. The van der Waals surface area contributed by atoms with Crippen molar-refractivity contribution < 1.29 is 14.3 Å². The molecule has 6 nitrogen and oxygen atoms in total. The molecule has 0 saturated heterocycles. The molecule has 4 aromatic rings. The third-order valence-electron chi connectivity index (χ3n) is 5.69. The predicted molar refractivity (Wildman–Crippen MR) is 134 cm³/mol. The number of nitrogens with zero attached hydrogens (tertiary/aromatic N) is 2. The topological polar surface area (TPSA) is 67.5 Å². The van der Waals surface area contributed by atoms with E-state index in [9.17, 15) is 4.79 Å². The first-order valence-electron chi connectivity index (χ1n) is 10.5. The van der Waals surface area contributed by atoms with E-state index >= 15 is 0 Å². The van der Waals surface area contributed by atoms with E-state index in [1.807, 2.05) is 42.6 Å². The number of aryl methyl sites for hydroxylation is 1. The molecule has 1 amide bonds. The van der Waals surface area contributed by atoms with Crippen LogP contribution in [0.1, 0.15) is 27.0 Å². The van der Waals surface area contributed by atoms with Gasteiger partial charge >= 0.3 is 0 Å². The lowest BCUT2D eigenvalue weighted by molar-refractivity contribution is 0.0785.